The van der Waals surface area contributed by atoms with Crippen molar-refractivity contribution < 1.29 is 13.9 Å². The maximum absolute atomic E-state index is 13.1. The SMILES string of the molecule is CC(C)Oc1ccc2c(C(=O)Nc3ccccc3Cc3ccccc3)cc(=O)oc2c1. The van der Waals surface area contributed by atoms with Crippen molar-refractivity contribution in [2.45, 2.75) is 26.4 Å². The van der Waals surface area contributed by atoms with E-state index in [0.29, 0.717) is 28.8 Å². The van der Waals surface area contributed by atoms with Crippen molar-refractivity contribution in [1.29, 1.82) is 0 Å². The highest BCUT2D eigenvalue weighted by atomic mass is 16.5. The van der Waals surface area contributed by atoms with Gasteiger partial charge in [-0.3, -0.25) is 4.79 Å². The summed E-state index contributed by atoms with van der Waals surface area (Å²) >= 11 is 0. The second kappa shape index (κ2) is 8.88. The number of para-hydroxylation sites is 1. The van der Waals surface area contributed by atoms with Gasteiger partial charge in [0.2, 0.25) is 0 Å². The van der Waals surface area contributed by atoms with E-state index in [2.05, 4.69) is 5.32 Å². The van der Waals surface area contributed by atoms with Gasteiger partial charge in [0.25, 0.3) is 5.91 Å². The quantitative estimate of drug-likeness (QED) is 0.428. The Kier molecular flexibility index (Phi) is 5.85. The molecule has 0 aliphatic heterocycles. The van der Waals surface area contributed by atoms with Crippen molar-refractivity contribution in [2.24, 2.45) is 0 Å². The Balaban J connectivity index is 1.66. The molecule has 4 aromatic rings. The average molecular weight is 413 g/mol. The van der Waals surface area contributed by atoms with Gasteiger partial charge in [0.15, 0.2) is 0 Å². The first-order valence-corrected chi connectivity index (χ1v) is 10.2. The van der Waals surface area contributed by atoms with Gasteiger partial charge in [-0.2, -0.15) is 0 Å². The van der Waals surface area contributed by atoms with Gasteiger partial charge in [0, 0.05) is 23.2 Å². The molecular formula is C26H23NO4. The summed E-state index contributed by atoms with van der Waals surface area (Å²) in [5, 5.41) is 3.51. The van der Waals surface area contributed by atoms with Crippen molar-refractivity contribution in [1.82, 2.24) is 0 Å². The summed E-state index contributed by atoms with van der Waals surface area (Å²) in [6.07, 6.45) is 0.669. The van der Waals surface area contributed by atoms with Crippen LogP contribution in [0, 0.1) is 0 Å². The summed E-state index contributed by atoms with van der Waals surface area (Å²) in [4.78, 5) is 25.2. The maximum atomic E-state index is 13.1. The number of hydrogen-bond acceptors (Lipinski definition) is 4. The molecule has 31 heavy (non-hydrogen) atoms. The van der Waals surface area contributed by atoms with Crippen LogP contribution in [-0.4, -0.2) is 12.0 Å². The third-order valence-electron chi connectivity index (χ3n) is 4.84. The van der Waals surface area contributed by atoms with Crippen LogP contribution in [0.2, 0.25) is 0 Å². The molecule has 0 aliphatic rings. The van der Waals surface area contributed by atoms with Crippen molar-refractivity contribution in [3.05, 3.63) is 106 Å². The molecule has 0 radical (unpaired) electrons. The van der Waals surface area contributed by atoms with E-state index in [1.165, 1.54) is 6.07 Å². The normalized spacial score (nSPS) is 10.9. The molecular weight excluding hydrogens is 390 g/mol. The summed E-state index contributed by atoms with van der Waals surface area (Å²) in [5.41, 5.74) is 2.83. The molecule has 0 saturated carbocycles. The molecule has 5 heteroatoms. The fraction of sp³-hybridized carbons (Fsp3) is 0.154. The van der Waals surface area contributed by atoms with Crippen molar-refractivity contribution in [3.63, 3.8) is 0 Å². The number of carbonyl (C=O) groups excluding carboxylic acids is 1. The molecule has 0 spiro atoms. The van der Waals surface area contributed by atoms with Gasteiger partial charge >= 0.3 is 5.63 Å². The van der Waals surface area contributed by atoms with E-state index in [9.17, 15) is 9.59 Å². The fourth-order valence-corrected chi connectivity index (χ4v) is 3.48. The van der Waals surface area contributed by atoms with Gasteiger partial charge in [-0.25, -0.2) is 4.79 Å². The van der Waals surface area contributed by atoms with E-state index < -0.39 is 5.63 Å². The van der Waals surface area contributed by atoms with E-state index in [0.717, 1.165) is 11.1 Å². The van der Waals surface area contributed by atoms with E-state index >= 15 is 0 Å². The van der Waals surface area contributed by atoms with Gasteiger partial charge in [-0.15, -0.1) is 0 Å². The summed E-state index contributed by atoms with van der Waals surface area (Å²) in [6, 6.07) is 24.1. The topological polar surface area (TPSA) is 68.5 Å². The van der Waals surface area contributed by atoms with Crippen molar-refractivity contribution in [2.75, 3.05) is 5.32 Å². The highest BCUT2D eigenvalue weighted by Crippen LogP contribution is 2.25. The Labute approximate surface area is 180 Å². The van der Waals surface area contributed by atoms with Gasteiger partial charge < -0.3 is 14.5 Å². The second-order valence-corrected chi connectivity index (χ2v) is 7.58. The molecule has 0 saturated heterocycles. The molecule has 0 atom stereocenters. The number of fused-ring (bicyclic) bond motifs is 1. The average Bonchev–Trinajstić information content (AvgIpc) is 2.74. The van der Waals surface area contributed by atoms with Crippen LogP contribution in [0.5, 0.6) is 5.75 Å². The lowest BCUT2D eigenvalue weighted by molar-refractivity contribution is 0.102. The molecule has 3 aromatic carbocycles. The van der Waals surface area contributed by atoms with Gasteiger partial charge in [-0.05, 0) is 49.6 Å². The number of anilines is 1. The van der Waals surface area contributed by atoms with E-state index in [-0.39, 0.29) is 17.6 Å². The Morgan fingerprint density at radius 1 is 0.968 bits per heavy atom. The van der Waals surface area contributed by atoms with E-state index in [4.69, 9.17) is 9.15 Å². The number of rotatable bonds is 6. The first-order chi connectivity index (χ1) is 15.0. The Bertz CT molecular complexity index is 1280. The van der Waals surface area contributed by atoms with Crippen LogP contribution in [-0.2, 0) is 6.42 Å². The largest absolute Gasteiger partial charge is 0.491 e. The van der Waals surface area contributed by atoms with Gasteiger partial charge in [0.05, 0.1) is 11.7 Å². The molecule has 4 rings (SSSR count). The summed E-state index contributed by atoms with van der Waals surface area (Å²) < 4.78 is 11.0. The number of hydrogen-bond donors (Lipinski definition) is 1. The van der Waals surface area contributed by atoms with Gasteiger partial charge in [0.1, 0.15) is 11.3 Å². The predicted molar refractivity (Wildman–Crippen MR) is 122 cm³/mol. The summed E-state index contributed by atoms with van der Waals surface area (Å²) in [5.74, 6) is 0.215. The number of benzene rings is 3. The lowest BCUT2D eigenvalue weighted by atomic mass is 10.0. The van der Waals surface area contributed by atoms with Crippen LogP contribution in [0.25, 0.3) is 11.0 Å². The minimum atomic E-state index is -0.586. The molecule has 156 valence electrons. The third-order valence-corrected chi connectivity index (χ3v) is 4.84. The molecule has 1 amide bonds. The number of ether oxygens (including phenoxy) is 1. The zero-order valence-corrected chi connectivity index (χ0v) is 17.4. The van der Waals surface area contributed by atoms with Crippen molar-refractivity contribution >= 4 is 22.6 Å². The molecule has 1 N–H and O–H groups in total. The van der Waals surface area contributed by atoms with E-state index in [1.807, 2.05) is 68.4 Å². The lowest BCUT2D eigenvalue weighted by Crippen LogP contribution is -2.16. The number of nitrogens with one attached hydrogen (secondary N) is 1. The van der Waals surface area contributed by atoms with Crippen LogP contribution in [0.15, 0.2) is 88.1 Å². The lowest BCUT2D eigenvalue weighted by Gasteiger charge is -2.13. The molecule has 0 bridgehead atoms. The Hall–Kier alpha value is -3.86. The minimum Gasteiger partial charge on any atom is -0.491 e. The maximum Gasteiger partial charge on any atom is 0.337 e. The summed E-state index contributed by atoms with van der Waals surface area (Å²) in [6.45, 7) is 3.83. The first-order valence-electron chi connectivity index (χ1n) is 10.2. The molecule has 0 aliphatic carbocycles. The van der Waals surface area contributed by atoms with Crippen LogP contribution < -0.4 is 15.7 Å². The smallest absolute Gasteiger partial charge is 0.337 e. The highest BCUT2D eigenvalue weighted by Gasteiger charge is 2.16. The molecule has 5 nitrogen and oxygen atoms in total. The van der Waals surface area contributed by atoms with Crippen LogP contribution in [0.4, 0.5) is 5.69 Å². The highest BCUT2D eigenvalue weighted by molar-refractivity contribution is 6.12. The zero-order valence-electron chi connectivity index (χ0n) is 17.4. The summed E-state index contributed by atoms with van der Waals surface area (Å²) in [7, 11) is 0. The van der Waals surface area contributed by atoms with Crippen LogP contribution in [0.3, 0.4) is 0 Å². The molecule has 1 heterocycles. The zero-order chi connectivity index (χ0) is 21.8. The second-order valence-electron chi connectivity index (χ2n) is 7.58. The molecule has 0 unspecified atom stereocenters. The first kappa shape index (κ1) is 20.4. The van der Waals surface area contributed by atoms with Crippen LogP contribution in [0.1, 0.15) is 35.3 Å². The van der Waals surface area contributed by atoms with Crippen LogP contribution >= 0.6 is 0 Å². The predicted octanol–water partition coefficient (Wildman–Crippen LogP) is 5.42. The molecule has 1 aromatic heterocycles. The fourth-order valence-electron chi connectivity index (χ4n) is 3.48. The Morgan fingerprint density at radius 2 is 1.71 bits per heavy atom. The van der Waals surface area contributed by atoms with Gasteiger partial charge in [-0.1, -0.05) is 48.5 Å². The van der Waals surface area contributed by atoms with E-state index in [1.54, 1.807) is 18.2 Å². The third kappa shape index (κ3) is 4.83. The van der Waals surface area contributed by atoms with Crippen molar-refractivity contribution in [3.8, 4) is 5.75 Å². The number of amides is 1. The molecule has 0 fully saturated rings. The Morgan fingerprint density at radius 3 is 2.48 bits per heavy atom. The monoisotopic (exact) mass is 413 g/mol. The minimum absolute atomic E-state index is 0.0169. The standard InChI is InChI=1S/C26H23NO4/c1-17(2)30-20-12-13-21-22(16-25(28)31-24(21)15-20)26(29)27-23-11-7-6-10-19(23)14-18-8-4-3-5-9-18/h3-13,15-17H,14H2,1-2H3,(H,27,29). The number of carbonyl (C=O) groups is 1.